The number of nitrogens with one attached hydrogen (secondary N) is 1. The van der Waals surface area contributed by atoms with Crippen LogP contribution < -0.4 is 5.32 Å². The Morgan fingerprint density at radius 3 is 2.76 bits per heavy atom. The van der Waals surface area contributed by atoms with Gasteiger partial charge in [0.2, 0.25) is 0 Å². The van der Waals surface area contributed by atoms with Crippen LogP contribution in [-0.4, -0.2) is 16.3 Å². The van der Waals surface area contributed by atoms with Crippen LogP contribution in [0.15, 0.2) is 24.3 Å². The smallest absolute Gasteiger partial charge is 0.0970 e. The summed E-state index contributed by atoms with van der Waals surface area (Å²) in [6.07, 6.45) is 1.07. The van der Waals surface area contributed by atoms with Crippen molar-refractivity contribution in [1.82, 2.24) is 15.1 Å². The van der Waals surface area contributed by atoms with Crippen LogP contribution in [0.4, 0.5) is 0 Å². The summed E-state index contributed by atoms with van der Waals surface area (Å²) in [6.45, 7) is 4.10. The summed E-state index contributed by atoms with van der Waals surface area (Å²) in [7, 11) is 2.04. The lowest BCUT2D eigenvalue weighted by molar-refractivity contribution is 0.604. The second kappa shape index (κ2) is 4.00. The van der Waals surface area contributed by atoms with Gasteiger partial charge in [0.05, 0.1) is 5.69 Å². The second-order valence-corrected chi connectivity index (χ2v) is 4.69. The molecule has 2 heterocycles. The summed E-state index contributed by atoms with van der Waals surface area (Å²) >= 11 is 0. The summed E-state index contributed by atoms with van der Waals surface area (Å²) in [5, 5.41) is 8.09. The number of aromatic nitrogens is 2. The molecule has 1 aromatic carbocycles. The summed E-state index contributed by atoms with van der Waals surface area (Å²) < 4.78 is 2.03. The number of hydrogen-bond acceptors (Lipinski definition) is 2. The van der Waals surface area contributed by atoms with Crippen LogP contribution in [-0.2, 0) is 20.0 Å². The van der Waals surface area contributed by atoms with Gasteiger partial charge >= 0.3 is 0 Å². The van der Waals surface area contributed by atoms with Gasteiger partial charge in [-0.15, -0.1) is 0 Å². The van der Waals surface area contributed by atoms with E-state index in [0.717, 1.165) is 25.2 Å². The van der Waals surface area contributed by atoms with Crippen molar-refractivity contribution in [1.29, 1.82) is 0 Å². The largest absolute Gasteiger partial charge is 0.312 e. The fourth-order valence-electron chi connectivity index (χ4n) is 2.46. The first kappa shape index (κ1) is 10.5. The van der Waals surface area contributed by atoms with Crippen molar-refractivity contribution >= 4 is 0 Å². The number of aryl methyl sites for hydroxylation is 2. The van der Waals surface area contributed by atoms with E-state index in [-0.39, 0.29) is 0 Å². The molecule has 0 amide bonds. The van der Waals surface area contributed by atoms with Crippen LogP contribution in [0, 0.1) is 6.92 Å². The van der Waals surface area contributed by atoms with E-state index < -0.39 is 0 Å². The molecular formula is C14H17N3. The minimum atomic E-state index is 0.937. The monoisotopic (exact) mass is 227 g/mol. The molecule has 3 nitrogen and oxygen atoms in total. The molecule has 0 unspecified atom stereocenters. The molecule has 0 saturated carbocycles. The Morgan fingerprint density at radius 1 is 1.24 bits per heavy atom. The normalized spacial score (nSPS) is 14.7. The molecule has 1 aliphatic heterocycles. The van der Waals surface area contributed by atoms with E-state index in [1.165, 1.54) is 22.4 Å². The highest BCUT2D eigenvalue weighted by atomic mass is 15.3. The number of hydrogen-bond donors (Lipinski definition) is 1. The Bertz CT molecular complexity index is 537. The number of benzene rings is 1. The molecule has 3 rings (SSSR count). The Morgan fingerprint density at radius 2 is 2.00 bits per heavy atom. The van der Waals surface area contributed by atoms with Crippen molar-refractivity contribution in [2.75, 3.05) is 6.54 Å². The Kier molecular flexibility index (Phi) is 2.48. The van der Waals surface area contributed by atoms with Gasteiger partial charge in [-0.3, -0.25) is 4.68 Å². The predicted molar refractivity (Wildman–Crippen MR) is 68.8 cm³/mol. The highest BCUT2D eigenvalue weighted by Crippen LogP contribution is 2.27. The zero-order valence-electron chi connectivity index (χ0n) is 10.3. The highest BCUT2D eigenvalue weighted by molar-refractivity contribution is 5.64. The first-order chi connectivity index (χ1) is 8.25. The molecule has 1 aliphatic rings. The maximum Gasteiger partial charge on any atom is 0.0970 e. The Labute approximate surface area is 101 Å². The summed E-state index contributed by atoms with van der Waals surface area (Å²) in [4.78, 5) is 0. The van der Waals surface area contributed by atoms with Crippen LogP contribution in [0.1, 0.15) is 16.8 Å². The van der Waals surface area contributed by atoms with Gasteiger partial charge < -0.3 is 5.32 Å². The van der Waals surface area contributed by atoms with Gasteiger partial charge in [0.15, 0.2) is 0 Å². The zero-order valence-corrected chi connectivity index (χ0v) is 10.3. The minimum Gasteiger partial charge on any atom is -0.312 e. The highest BCUT2D eigenvalue weighted by Gasteiger charge is 2.19. The molecule has 0 radical (unpaired) electrons. The van der Waals surface area contributed by atoms with Crippen LogP contribution >= 0.6 is 0 Å². The van der Waals surface area contributed by atoms with Gasteiger partial charge in [-0.05, 0) is 6.92 Å². The lowest BCUT2D eigenvalue weighted by Crippen LogP contribution is -2.24. The van der Waals surface area contributed by atoms with Crippen LogP contribution in [0.25, 0.3) is 11.3 Å². The average Bonchev–Trinajstić information content (AvgIpc) is 2.69. The lowest BCUT2D eigenvalue weighted by atomic mass is 10.0. The Balaban J connectivity index is 2.11. The predicted octanol–water partition coefficient (Wildman–Crippen LogP) is 2.04. The summed E-state index contributed by atoms with van der Waals surface area (Å²) in [5.41, 5.74) is 6.38. The quantitative estimate of drug-likeness (QED) is 0.808. The first-order valence-corrected chi connectivity index (χ1v) is 6.08. The number of nitrogens with zero attached hydrogens (tertiary/aromatic N) is 2. The van der Waals surface area contributed by atoms with Gasteiger partial charge in [-0.25, -0.2) is 0 Å². The lowest BCUT2D eigenvalue weighted by Gasteiger charge is -2.14. The van der Waals surface area contributed by atoms with E-state index in [2.05, 4.69) is 41.6 Å². The van der Waals surface area contributed by atoms with E-state index in [1.54, 1.807) is 0 Å². The van der Waals surface area contributed by atoms with Crippen molar-refractivity contribution in [3.63, 3.8) is 0 Å². The van der Waals surface area contributed by atoms with Crippen molar-refractivity contribution in [3.05, 3.63) is 41.1 Å². The van der Waals surface area contributed by atoms with E-state index in [9.17, 15) is 0 Å². The minimum absolute atomic E-state index is 0.937. The summed E-state index contributed by atoms with van der Waals surface area (Å²) in [6, 6.07) is 8.61. The molecule has 0 atom stereocenters. The van der Waals surface area contributed by atoms with Crippen molar-refractivity contribution in [2.45, 2.75) is 19.9 Å². The molecule has 0 fully saturated rings. The van der Waals surface area contributed by atoms with Crippen LogP contribution in [0.3, 0.4) is 0 Å². The molecular weight excluding hydrogens is 210 g/mol. The van der Waals surface area contributed by atoms with Crippen molar-refractivity contribution in [2.24, 2.45) is 7.05 Å². The standard InChI is InChI=1S/C14H17N3/c1-10-3-5-11(6-4-10)14-12-9-15-8-7-13(12)17(2)16-14/h3-6,15H,7-9H2,1-2H3. The second-order valence-electron chi connectivity index (χ2n) is 4.69. The van der Waals surface area contributed by atoms with E-state index in [4.69, 9.17) is 0 Å². The molecule has 1 aromatic heterocycles. The molecule has 0 aliphatic carbocycles. The SMILES string of the molecule is Cc1ccc(-c2nn(C)c3c2CNCC3)cc1. The summed E-state index contributed by atoms with van der Waals surface area (Å²) in [5.74, 6) is 0. The molecule has 3 heteroatoms. The Hall–Kier alpha value is -1.61. The molecule has 2 aromatic rings. The van der Waals surface area contributed by atoms with Gasteiger partial charge in [-0.1, -0.05) is 29.8 Å². The van der Waals surface area contributed by atoms with Crippen molar-refractivity contribution in [3.8, 4) is 11.3 Å². The average molecular weight is 227 g/mol. The topological polar surface area (TPSA) is 29.9 Å². The van der Waals surface area contributed by atoms with Gasteiger partial charge in [-0.2, -0.15) is 5.10 Å². The van der Waals surface area contributed by atoms with Crippen LogP contribution in [0.2, 0.25) is 0 Å². The molecule has 0 spiro atoms. The first-order valence-electron chi connectivity index (χ1n) is 6.08. The molecule has 88 valence electrons. The third-order valence-electron chi connectivity index (χ3n) is 3.44. The van der Waals surface area contributed by atoms with Crippen molar-refractivity contribution < 1.29 is 0 Å². The molecule has 0 saturated heterocycles. The third kappa shape index (κ3) is 1.76. The fraction of sp³-hybridized carbons (Fsp3) is 0.357. The van der Waals surface area contributed by atoms with E-state index in [0.29, 0.717) is 0 Å². The molecule has 1 N–H and O–H groups in total. The van der Waals surface area contributed by atoms with E-state index >= 15 is 0 Å². The van der Waals surface area contributed by atoms with E-state index in [1.807, 2.05) is 11.7 Å². The van der Waals surface area contributed by atoms with Crippen LogP contribution in [0.5, 0.6) is 0 Å². The maximum absolute atomic E-state index is 4.67. The molecule has 0 bridgehead atoms. The zero-order chi connectivity index (χ0) is 11.8. The fourth-order valence-corrected chi connectivity index (χ4v) is 2.46. The number of fused-ring (bicyclic) bond motifs is 1. The third-order valence-corrected chi connectivity index (χ3v) is 3.44. The van der Waals surface area contributed by atoms with Gasteiger partial charge in [0, 0.05) is 43.4 Å². The van der Waals surface area contributed by atoms with Gasteiger partial charge in [0.25, 0.3) is 0 Å². The maximum atomic E-state index is 4.67. The van der Waals surface area contributed by atoms with Gasteiger partial charge in [0.1, 0.15) is 0 Å². The number of rotatable bonds is 1. The molecule has 17 heavy (non-hydrogen) atoms.